The van der Waals surface area contributed by atoms with Gasteiger partial charge < -0.3 is 9.47 Å². The monoisotopic (exact) mass is 408 g/mol. The molecule has 0 atom stereocenters. The van der Waals surface area contributed by atoms with Crippen LogP contribution in [0, 0.1) is 0 Å². The Bertz CT molecular complexity index is 702. The molecule has 0 amide bonds. The van der Waals surface area contributed by atoms with Gasteiger partial charge in [0.2, 0.25) is 0 Å². The van der Waals surface area contributed by atoms with Gasteiger partial charge in [0.1, 0.15) is 0 Å². The first-order chi connectivity index (χ1) is 14.9. The van der Waals surface area contributed by atoms with Crippen LogP contribution in [0.1, 0.15) is 24.0 Å². The lowest BCUT2D eigenvalue weighted by atomic mass is 9.91. The lowest BCUT2D eigenvalue weighted by molar-refractivity contribution is 0.0374. The van der Waals surface area contributed by atoms with Crippen molar-refractivity contribution in [1.82, 2.24) is 9.80 Å². The lowest BCUT2D eigenvalue weighted by Gasteiger charge is -2.26. The topological polar surface area (TPSA) is 24.9 Å². The predicted molar refractivity (Wildman–Crippen MR) is 123 cm³/mol. The highest BCUT2D eigenvalue weighted by atomic mass is 16.5. The summed E-state index contributed by atoms with van der Waals surface area (Å²) in [5.41, 5.74) is 5.79. The normalized spacial score (nSPS) is 18.5. The third kappa shape index (κ3) is 6.14. The second kappa shape index (κ2) is 11.6. The summed E-state index contributed by atoms with van der Waals surface area (Å²) in [6.45, 7) is 10.2. The Morgan fingerprint density at radius 1 is 0.567 bits per heavy atom. The van der Waals surface area contributed by atoms with Crippen molar-refractivity contribution in [2.45, 2.75) is 25.7 Å². The van der Waals surface area contributed by atoms with Gasteiger partial charge in [-0.25, -0.2) is 0 Å². The van der Waals surface area contributed by atoms with E-state index in [0.29, 0.717) is 0 Å². The molecule has 2 aliphatic heterocycles. The highest BCUT2D eigenvalue weighted by Gasteiger charge is 2.13. The molecule has 2 aromatic rings. The van der Waals surface area contributed by atoms with E-state index in [2.05, 4.69) is 58.3 Å². The van der Waals surface area contributed by atoms with Crippen molar-refractivity contribution < 1.29 is 9.47 Å². The average molecular weight is 409 g/mol. The van der Waals surface area contributed by atoms with E-state index >= 15 is 0 Å². The van der Waals surface area contributed by atoms with Crippen LogP contribution in [0.25, 0.3) is 11.1 Å². The number of aryl methyl sites for hydroxylation is 2. The maximum absolute atomic E-state index is 5.47. The molecule has 0 saturated carbocycles. The number of ether oxygens (including phenoxy) is 2. The standard InChI is InChI=1S/C26H36N2O2/c1-3-11-25(23(7-1)9-5-13-27-15-19-29-20-16-27)26-12-4-2-8-24(26)10-6-14-28-17-21-30-22-18-28/h1-4,7-8,11-12H,5-6,9-10,13-22H2. The van der Waals surface area contributed by atoms with Crippen molar-refractivity contribution in [3.8, 4) is 11.1 Å². The molecule has 4 rings (SSSR count). The van der Waals surface area contributed by atoms with Crippen LogP contribution in [-0.2, 0) is 22.3 Å². The number of rotatable bonds is 9. The van der Waals surface area contributed by atoms with Crippen LogP contribution in [-0.4, -0.2) is 75.5 Å². The minimum absolute atomic E-state index is 0.883. The summed E-state index contributed by atoms with van der Waals surface area (Å²) in [5, 5.41) is 0. The van der Waals surface area contributed by atoms with Crippen LogP contribution in [0.5, 0.6) is 0 Å². The molecule has 2 aliphatic rings. The summed E-state index contributed by atoms with van der Waals surface area (Å²) in [5.74, 6) is 0. The first kappa shape index (κ1) is 21.5. The summed E-state index contributed by atoms with van der Waals surface area (Å²) in [6, 6.07) is 18.0. The number of benzene rings is 2. The van der Waals surface area contributed by atoms with E-state index in [4.69, 9.17) is 9.47 Å². The van der Waals surface area contributed by atoms with E-state index in [0.717, 1.165) is 65.4 Å². The number of nitrogens with zero attached hydrogens (tertiary/aromatic N) is 2. The summed E-state index contributed by atoms with van der Waals surface area (Å²) >= 11 is 0. The fourth-order valence-electron chi connectivity index (χ4n) is 4.64. The Hall–Kier alpha value is -1.72. The molecule has 2 fully saturated rings. The quantitative estimate of drug-likeness (QED) is 0.629. The zero-order valence-electron chi connectivity index (χ0n) is 18.2. The molecule has 2 heterocycles. The first-order valence-electron chi connectivity index (χ1n) is 11.7. The molecule has 162 valence electrons. The van der Waals surface area contributed by atoms with Gasteiger partial charge in [0, 0.05) is 26.2 Å². The van der Waals surface area contributed by atoms with Crippen molar-refractivity contribution in [2.75, 3.05) is 65.7 Å². The maximum Gasteiger partial charge on any atom is 0.0594 e. The van der Waals surface area contributed by atoms with Crippen LogP contribution in [0.3, 0.4) is 0 Å². The molecule has 0 spiro atoms. The Morgan fingerprint density at radius 2 is 0.967 bits per heavy atom. The molecule has 2 saturated heterocycles. The fourth-order valence-corrected chi connectivity index (χ4v) is 4.64. The van der Waals surface area contributed by atoms with Crippen molar-refractivity contribution in [3.05, 3.63) is 59.7 Å². The van der Waals surface area contributed by atoms with Crippen LogP contribution in [0.15, 0.2) is 48.5 Å². The molecule has 0 bridgehead atoms. The van der Waals surface area contributed by atoms with E-state index in [9.17, 15) is 0 Å². The van der Waals surface area contributed by atoms with Crippen molar-refractivity contribution in [2.24, 2.45) is 0 Å². The zero-order valence-corrected chi connectivity index (χ0v) is 18.2. The fraction of sp³-hybridized carbons (Fsp3) is 0.538. The van der Waals surface area contributed by atoms with Gasteiger partial charge in [0.15, 0.2) is 0 Å². The minimum atomic E-state index is 0.883. The number of morpholine rings is 2. The maximum atomic E-state index is 5.47. The first-order valence-corrected chi connectivity index (χ1v) is 11.7. The third-order valence-corrected chi connectivity index (χ3v) is 6.37. The van der Waals surface area contributed by atoms with Crippen molar-refractivity contribution >= 4 is 0 Å². The van der Waals surface area contributed by atoms with Crippen LogP contribution >= 0.6 is 0 Å². The van der Waals surface area contributed by atoms with Crippen molar-refractivity contribution in [3.63, 3.8) is 0 Å². The summed E-state index contributed by atoms with van der Waals surface area (Å²) in [7, 11) is 0. The van der Waals surface area contributed by atoms with Crippen LogP contribution in [0.2, 0.25) is 0 Å². The van der Waals surface area contributed by atoms with Gasteiger partial charge in [-0.1, -0.05) is 48.5 Å². The molecule has 4 nitrogen and oxygen atoms in total. The minimum Gasteiger partial charge on any atom is -0.379 e. The van der Waals surface area contributed by atoms with Gasteiger partial charge in [0.25, 0.3) is 0 Å². The Kier molecular flexibility index (Phi) is 8.33. The highest BCUT2D eigenvalue weighted by Crippen LogP contribution is 2.29. The van der Waals surface area contributed by atoms with E-state index in [1.54, 1.807) is 0 Å². The molecular weight excluding hydrogens is 372 g/mol. The zero-order chi connectivity index (χ0) is 20.4. The van der Waals surface area contributed by atoms with Gasteiger partial charge in [-0.15, -0.1) is 0 Å². The number of hydrogen-bond donors (Lipinski definition) is 0. The Morgan fingerprint density at radius 3 is 1.40 bits per heavy atom. The van der Waals surface area contributed by atoms with Crippen molar-refractivity contribution in [1.29, 1.82) is 0 Å². The van der Waals surface area contributed by atoms with Gasteiger partial charge in [-0.2, -0.15) is 0 Å². The SMILES string of the molecule is c1ccc(-c2ccccc2CCCN2CCOCC2)c(CCCN2CCOCC2)c1. The number of hydrogen-bond acceptors (Lipinski definition) is 4. The molecule has 0 N–H and O–H groups in total. The van der Waals surface area contributed by atoms with Crippen LogP contribution in [0.4, 0.5) is 0 Å². The molecular formula is C26H36N2O2. The van der Waals surface area contributed by atoms with E-state index in [1.165, 1.54) is 48.2 Å². The second-order valence-corrected chi connectivity index (χ2v) is 8.43. The highest BCUT2D eigenvalue weighted by molar-refractivity contribution is 5.70. The van der Waals surface area contributed by atoms with Gasteiger partial charge in [-0.05, 0) is 61.0 Å². The van der Waals surface area contributed by atoms with E-state index < -0.39 is 0 Å². The average Bonchev–Trinajstić information content (AvgIpc) is 2.81. The van der Waals surface area contributed by atoms with Gasteiger partial charge in [-0.3, -0.25) is 9.80 Å². The molecule has 0 aromatic heterocycles. The summed E-state index contributed by atoms with van der Waals surface area (Å²) in [6.07, 6.45) is 4.68. The Balaban J connectivity index is 1.38. The molecule has 4 heteroatoms. The summed E-state index contributed by atoms with van der Waals surface area (Å²) < 4.78 is 10.9. The molecule has 30 heavy (non-hydrogen) atoms. The molecule has 0 unspecified atom stereocenters. The smallest absolute Gasteiger partial charge is 0.0594 e. The molecule has 2 aromatic carbocycles. The van der Waals surface area contributed by atoms with E-state index in [1.807, 2.05) is 0 Å². The Labute approximate surface area is 181 Å². The second-order valence-electron chi connectivity index (χ2n) is 8.43. The van der Waals surface area contributed by atoms with E-state index in [-0.39, 0.29) is 0 Å². The summed E-state index contributed by atoms with van der Waals surface area (Å²) in [4.78, 5) is 5.07. The predicted octanol–water partition coefficient (Wildman–Crippen LogP) is 3.88. The lowest BCUT2D eigenvalue weighted by Crippen LogP contribution is -2.37. The largest absolute Gasteiger partial charge is 0.379 e. The third-order valence-electron chi connectivity index (χ3n) is 6.37. The van der Waals surface area contributed by atoms with Crippen LogP contribution < -0.4 is 0 Å². The molecule has 0 radical (unpaired) electrons. The van der Waals surface area contributed by atoms with Gasteiger partial charge in [0.05, 0.1) is 26.4 Å². The van der Waals surface area contributed by atoms with Gasteiger partial charge >= 0.3 is 0 Å². The molecule has 0 aliphatic carbocycles.